The molecule has 0 fully saturated rings. The minimum absolute atomic E-state index is 0.130. The van der Waals surface area contributed by atoms with Gasteiger partial charge in [0.05, 0.1) is 18.4 Å². The average Bonchev–Trinajstić information content (AvgIpc) is 3.11. The van der Waals surface area contributed by atoms with Crippen LogP contribution in [0.5, 0.6) is 5.75 Å². The predicted octanol–water partition coefficient (Wildman–Crippen LogP) is 3.61. The molecular weight excluding hydrogens is 332 g/mol. The van der Waals surface area contributed by atoms with Crippen molar-refractivity contribution in [3.8, 4) is 5.75 Å². The molecule has 1 aromatic heterocycles. The number of benzene rings is 2. The lowest BCUT2D eigenvalue weighted by atomic mass is 10.1. The zero-order valence-electron chi connectivity index (χ0n) is 14.2. The monoisotopic (exact) mass is 350 g/mol. The van der Waals surface area contributed by atoms with Crippen molar-refractivity contribution in [2.75, 3.05) is 19.0 Å². The van der Waals surface area contributed by atoms with Gasteiger partial charge in [0.15, 0.2) is 17.1 Å². The van der Waals surface area contributed by atoms with E-state index in [-0.39, 0.29) is 11.7 Å². The summed E-state index contributed by atoms with van der Waals surface area (Å²) < 4.78 is 10.9. The topological polar surface area (TPSA) is 80.6 Å². The van der Waals surface area contributed by atoms with Gasteiger partial charge in [-0.25, -0.2) is 0 Å². The molecule has 6 heteroatoms. The van der Waals surface area contributed by atoms with Crippen LogP contribution in [-0.2, 0) is 0 Å². The maximum atomic E-state index is 12.6. The lowest BCUT2D eigenvalue weighted by molar-refractivity contribution is 0.0959. The van der Waals surface area contributed by atoms with Crippen molar-refractivity contribution in [2.45, 2.75) is 0 Å². The lowest BCUT2D eigenvalue weighted by Gasteiger charge is -2.09. The summed E-state index contributed by atoms with van der Waals surface area (Å²) in [6, 6.07) is 13.8. The molecule has 3 aromatic rings. The molecule has 1 heterocycles. The Hall–Kier alpha value is -3.54. The van der Waals surface area contributed by atoms with Crippen LogP contribution in [0.1, 0.15) is 20.9 Å². The fraction of sp³-hybridized carbons (Fsp3) is 0.100. The van der Waals surface area contributed by atoms with Gasteiger partial charge < -0.3 is 19.8 Å². The van der Waals surface area contributed by atoms with Gasteiger partial charge in [-0.2, -0.15) is 0 Å². The molecule has 0 saturated heterocycles. The average molecular weight is 350 g/mol. The van der Waals surface area contributed by atoms with Gasteiger partial charge in [-0.1, -0.05) is 30.3 Å². The van der Waals surface area contributed by atoms with Gasteiger partial charge in [0, 0.05) is 11.9 Å². The molecule has 2 N–H and O–H groups in total. The highest BCUT2D eigenvalue weighted by molar-refractivity contribution is 6.09. The number of methoxy groups -OCH3 is 1. The summed E-state index contributed by atoms with van der Waals surface area (Å²) in [6.45, 7) is 3.90. The van der Waals surface area contributed by atoms with Crippen LogP contribution in [0.25, 0.3) is 11.0 Å². The summed E-state index contributed by atoms with van der Waals surface area (Å²) >= 11 is 0. The summed E-state index contributed by atoms with van der Waals surface area (Å²) in [7, 11) is 1.54. The fourth-order valence-corrected chi connectivity index (χ4v) is 2.54. The van der Waals surface area contributed by atoms with Crippen molar-refractivity contribution in [2.24, 2.45) is 0 Å². The second kappa shape index (κ2) is 7.57. The van der Waals surface area contributed by atoms with Gasteiger partial charge in [0.1, 0.15) is 0 Å². The third-order valence-electron chi connectivity index (χ3n) is 3.78. The smallest absolute Gasteiger partial charge is 0.291 e. The molecule has 0 saturated carbocycles. The Bertz CT molecular complexity index is 975. The molecule has 0 atom stereocenters. The third kappa shape index (κ3) is 3.44. The molecule has 0 aliphatic rings. The Labute approximate surface area is 150 Å². The third-order valence-corrected chi connectivity index (χ3v) is 3.78. The van der Waals surface area contributed by atoms with E-state index in [1.54, 1.807) is 42.5 Å². The zero-order valence-corrected chi connectivity index (χ0v) is 14.2. The zero-order chi connectivity index (χ0) is 18.5. The maximum absolute atomic E-state index is 12.6. The number of hydrogen-bond donors (Lipinski definition) is 2. The fourth-order valence-electron chi connectivity index (χ4n) is 2.54. The molecule has 0 aliphatic heterocycles. The molecule has 2 amide bonds. The Morgan fingerprint density at radius 1 is 1.15 bits per heavy atom. The highest BCUT2D eigenvalue weighted by atomic mass is 16.5. The molecule has 0 aliphatic carbocycles. The van der Waals surface area contributed by atoms with Crippen LogP contribution in [0.4, 0.5) is 5.69 Å². The Morgan fingerprint density at radius 2 is 1.96 bits per heavy atom. The first-order valence-corrected chi connectivity index (χ1v) is 8.00. The Kier molecular flexibility index (Phi) is 5.03. The molecule has 132 valence electrons. The molecule has 3 rings (SSSR count). The second-order valence-corrected chi connectivity index (χ2v) is 5.49. The summed E-state index contributed by atoms with van der Waals surface area (Å²) in [6.07, 6.45) is 1.58. The summed E-state index contributed by atoms with van der Waals surface area (Å²) in [5, 5.41) is 6.17. The van der Waals surface area contributed by atoms with Gasteiger partial charge in [-0.05, 0) is 24.3 Å². The number of ether oxygens (including phenoxy) is 1. The van der Waals surface area contributed by atoms with Crippen molar-refractivity contribution in [3.63, 3.8) is 0 Å². The normalized spacial score (nSPS) is 10.3. The van der Waals surface area contributed by atoms with E-state index in [1.165, 1.54) is 7.11 Å². The van der Waals surface area contributed by atoms with Gasteiger partial charge >= 0.3 is 0 Å². The van der Waals surface area contributed by atoms with E-state index in [9.17, 15) is 9.59 Å². The Balaban J connectivity index is 1.87. The van der Waals surface area contributed by atoms with Crippen molar-refractivity contribution in [3.05, 3.63) is 72.5 Å². The van der Waals surface area contributed by atoms with E-state index in [1.807, 2.05) is 12.1 Å². The van der Waals surface area contributed by atoms with Gasteiger partial charge in [0.2, 0.25) is 0 Å². The highest BCUT2D eigenvalue weighted by Crippen LogP contribution is 2.29. The molecular formula is C20H18N2O4. The van der Waals surface area contributed by atoms with Crippen molar-refractivity contribution >= 4 is 28.5 Å². The molecule has 6 nitrogen and oxygen atoms in total. The SMILES string of the molecule is C=CCNC(=O)c1ccccc1NC(=O)c1cc2cccc(OC)c2o1. The van der Waals surface area contributed by atoms with Gasteiger partial charge in [-0.3, -0.25) is 9.59 Å². The van der Waals surface area contributed by atoms with Crippen LogP contribution in [0.15, 0.2) is 65.6 Å². The standard InChI is InChI=1S/C20H18N2O4/c1-3-11-21-19(23)14-8-4-5-9-15(14)22-20(24)17-12-13-7-6-10-16(25-2)18(13)26-17/h3-10,12H,1,11H2,2H3,(H,21,23)(H,22,24). The van der Waals surface area contributed by atoms with Gasteiger partial charge in [0.25, 0.3) is 11.8 Å². The van der Waals surface area contributed by atoms with Crippen molar-refractivity contribution in [1.29, 1.82) is 0 Å². The second-order valence-electron chi connectivity index (χ2n) is 5.49. The number of carbonyl (C=O) groups is 2. The van der Waals surface area contributed by atoms with Crippen LogP contribution >= 0.6 is 0 Å². The highest BCUT2D eigenvalue weighted by Gasteiger charge is 2.17. The first-order chi connectivity index (χ1) is 12.6. The van der Waals surface area contributed by atoms with E-state index >= 15 is 0 Å². The number of rotatable bonds is 6. The molecule has 0 unspecified atom stereocenters. The van der Waals surface area contributed by atoms with Crippen molar-refractivity contribution < 1.29 is 18.7 Å². The van der Waals surface area contributed by atoms with Gasteiger partial charge in [-0.15, -0.1) is 6.58 Å². The minimum atomic E-state index is -0.452. The van der Waals surface area contributed by atoms with E-state index in [0.29, 0.717) is 29.1 Å². The van der Waals surface area contributed by atoms with Crippen LogP contribution in [-0.4, -0.2) is 25.5 Å². The molecule has 0 radical (unpaired) electrons. The van der Waals surface area contributed by atoms with E-state index in [2.05, 4.69) is 17.2 Å². The molecule has 0 bridgehead atoms. The number of nitrogens with one attached hydrogen (secondary N) is 2. The van der Waals surface area contributed by atoms with E-state index in [0.717, 1.165) is 5.39 Å². The van der Waals surface area contributed by atoms with E-state index in [4.69, 9.17) is 9.15 Å². The molecule has 26 heavy (non-hydrogen) atoms. The quantitative estimate of drug-likeness (QED) is 0.666. The van der Waals surface area contributed by atoms with Crippen LogP contribution in [0.2, 0.25) is 0 Å². The largest absolute Gasteiger partial charge is 0.493 e. The lowest BCUT2D eigenvalue weighted by Crippen LogP contribution is -2.25. The van der Waals surface area contributed by atoms with Crippen LogP contribution in [0.3, 0.4) is 0 Å². The number of anilines is 1. The maximum Gasteiger partial charge on any atom is 0.291 e. The molecule has 0 spiro atoms. The van der Waals surface area contributed by atoms with E-state index < -0.39 is 5.91 Å². The number of carbonyl (C=O) groups excluding carboxylic acids is 2. The number of para-hydroxylation sites is 2. The first kappa shape index (κ1) is 17.3. The summed E-state index contributed by atoms with van der Waals surface area (Å²) in [5.74, 6) is -0.0733. The number of fused-ring (bicyclic) bond motifs is 1. The number of hydrogen-bond acceptors (Lipinski definition) is 4. The Morgan fingerprint density at radius 3 is 2.73 bits per heavy atom. The molecule has 2 aromatic carbocycles. The predicted molar refractivity (Wildman–Crippen MR) is 99.7 cm³/mol. The number of furan rings is 1. The van der Waals surface area contributed by atoms with Crippen LogP contribution < -0.4 is 15.4 Å². The van der Waals surface area contributed by atoms with Crippen LogP contribution in [0, 0.1) is 0 Å². The van der Waals surface area contributed by atoms with Crippen molar-refractivity contribution in [1.82, 2.24) is 5.32 Å². The first-order valence-electron chi connectivity index (χ1n) is 8.00. The number of amides is 2. The summed E-state index contributed by atoms with van der Waals surface area (Å²) in [4.78, 5) is 24.8. The summed E-state index contributed by atoms with van der Waals surface area (Å²) in [5.41, 5.74) is 1.25. The minimum Gasteiger partial charge on any atom is -0.493 e.